The number of hydrogen-bond acceptors (Lipinski definition) is 8. The number of thiophene rings is 1. The number of amides is 3. The van der Waals surface area contributed by atoms with Gasteiger partial charge in [-0.2, -0.15) is 5.26 Å². The van der Waals surface area contributed by atoms with Gasteiger partial charge >= 0.3 is 0 Å². The van der Waals surface area contributed by atoms with Crippen LogP contribution in [-0.2, 0) is 29.1 Å². The van der Waals surface area contributed by atoms with Crippen molar-refractivity contribution in [2.24, 2.45) is 0 Å². The third-order valence-electron chi connectivity index (χ3n) is 8.76. The van der Waals surface area contributed by atoms with Crippen LogP contribution >= 0.6 is 23.1 Å². The molecule has 9 nitrogen and oxygen atoms in total. The summed E-state index contributed by atoms with van der Waals surface area (Å²) < 4.78 is 0. The maximum atomic E-state index is 13.7. The first-order valence-electron chi connectivity index (χ1n) is 17.2. The predicted octanol–water partition coefficient (Wildman–Crippen LogP) is 7.77. The normalized spacial score (nSPS) is 13.3. The van der Waals surface area contributed by atoms with Gasteiger partial charge < -0.3 is 20.9 Å². The van der Waals surface area contributed by atoms with Gasteiger partial charge in [0.25, 0.3) is 11.8 Å². The van der Waals surface area contributed by atoms with Crippen molar-refractivity contribution in [3.63, 3.8) is 0 Å². The number of fused-ring (bicyclic) bond motifs is 1. The van der Waals surface area contributed by atoms with Crippen LogP contribution in [0.2, 0.25) is 0 Å². The second kappa shape index (κ2) is 17.2. The van der Waals surface area contributed by atoms with Crippen LogP contribution in [0.4, 0.5) is 16.4 Å². The molecule has 11 heteroatoms. The maximum absolute atomic E-state index is 13.7. The number of nitrogens with one attached hydrogen (secondary N) is 3. The van der Waals surface area contributed by atoms with Crippen molar-refractivity contribution in [2.45, 2.75) is 36.6 Å². The molecule has 6 rings (SSSR count). The number of benzene rings is 4. The number of thioether (sulfide) groups is 1. The molecule has 0 saturated heterocycles. The highest BCUT2D eigenvalue weighted by molar-refractivity contribution is 8.00. The smallest absolute Gasteiger partial charge is 0.272 e. The standard InChI is InChI=1S/C42H40N6O3S2/c1-28(39(49)46-42-36(25-43)35-21-22-48(27-38(35)53-42)26-30-11-6-4-7-12-30)52-34-16-10-15-32(24-34)44-41(51)37(45-40(50)31-13-8-5-9-14-31)23-29-17-19-33(20-18-29)47(2)3/h4-20,23-24,28H,21-22,26-27H2,1-3H3,(H,44,51)(H,45,50)(H,46,49)/b37-23+. The molecule has 0 saturated carbocycles. The number of nitriles is 1. The zero-order valence-corrected chi connectivity index (χ0v) is 31.4. The average Bonchev–Trinajstić information content (AvgIpc) is 3.51. The molecule has 268 valence electrons. The van der Waals surface area contributed by atoms with E-state index in [1.807, 2.05) is 80.5 Å². The predicted molar refractivity (Wildman–Crippen MR) is 215 cm³/mol. The Morgan fingerprint density at radius 3 is 2.36 bits per heavy atom. The van der Waals surface area contributed by atoms with E-state index in [1.165, 1.54) is 28.7 Å². The van der Waals surface area contributed by atoms with Gasteiger partial charge in [0.15, 0.2) is 0 Å². The second-order valence-corrected chi connectivity index (χ2v) is 15.4. The number of rotatable bonds is 12. The Kier molecular flexibility index (Phi) is 12.1. The SMILES string of the molecule is CC(Sc1cccc(NC(=O)/C(=C\c2ccc(N(C)C)cc2)NC(=O)c2ccccc2)c1)C(=O)Nc1sc2c(c1C#N)CCN(Cc1ccccc1)C2. The van der Waals surface area contributed by atoms with Gasteiger partial charge in [0.1, 0.15) is 16.8 Å². The minimum absolute atomic E-state index is 0.0809. The molecular formula is C42H40N6O3S2. The minimum atomic E-state index is -0.494. The zero-order chi connectivity index (χ0) is 37.3. The molecule has 1 aromatic heterocycles. The summed E-state index contributed by atoms with van der Waals surface area (Å²) in [6.45, 7) is 4.23. The summed E-state index contributed by atoms with van der Waals surface area (Å²) in [4.78, 5) is 46.4. The quantitative estimate of drug-likeness (QED) is 0.0884. The molecule has 1 atom stereocenters. The molecule has 1 aliphatic rings. The van der Waals surface area contributed by atoms with Crippen LogP contribution < -0.4 is 20.9 Å². The van der Waals surface area contributed by atoms with E-state index in [4.69, 9.17) is 0 Å². The van der Waals surface area contributed by atoms with Crippen LogP contribution in [-0.4, -0.2) is 48.5 Å². The van der Waals surface area contributed by atoms with Crippen molar-refractivity contribution in [1.29, 1.82) is 5.26 Å². The van der Waals surface area contributed by atoms with Crippen molar-refractivity contribution in [3.8, 4) is 6.07 Å². The van der Waals surface area contributed by atoms with Crippen LogP contribution in [0, 0.1) is 11.3 Å². The fourth-order valence-corrected chi connectivity index (χ4v) is 8.10. The molecule has 0 radical (unpaired) electrons. The highest BCUT2D eigenvalue weighted by atomic mass is 32.2. The average molecular weight is 741 g/mol. The van der Waals surface area contributed by atoms with E-state index in [9.17, 15) is 19.6 Å². The van der Waals surface area contributed by atoms with Crippen LogP contribution in [0.1, 0.15) is 44.4 Å². The highest BCUT2D eigenvalue weighted by Gasteiger charge is 2.26. The molecule has 2 heterocycles. The van der Waals surface area contributed by atoms with Gasteiger partial charge in [-0.25, -0.2) is 0 Å². The van der Waals surface area contributed by atoms with Crippen LogP contribution in [0.15, 0.2) is 120 Å². The van der Waals surface area contributed by atoms with Crippen LogP contribution in [0.3, 0.4) is 0 Å². The first-order chi connectivity index (χ1) is 25.7. The van der Waals surface area contributed by atoms with Crippen LogP contribution in [0.5, 0.6) is 0 Å². The van der Waals surface area contributed by atoms with Crippen molar-refractivity contribution in [3.05, 3.63) is 148 Å². The number of carbonyl (C=O) groups is 3. The van der Waals surface area contributed by atoms with E-state index in [0.29, 0.717) is 21.8 Å². The van der Waals surface area contributed by atoms with E-state index in [-0.39, 0.29) is 11.6 Å². The Morgan fingerprint density at radius 1 is 0.943 bits per heavy atom. The van der Waals surface area contributed by atoms with Gasteiger partial charge in [-0.15, -0.1) is 23.1 Å². The first kappa shape index (κ1) is 37.1. The van der Waals surface area contributed by atoms with Gasteiger partial charge in [0.2, 0.25) is 5.91 Å². The Morgan fingerprint density at radius 2 is 1.66 bits per heavy atom. The zero-order valence-electron chi connectivity index (χ0n) is 29.8. The molecule has 5 aromatic rings. The molecule has 1 aliphatic heterocycles. The van der Waals surface area contributed by atoms with Crippen molar-refractivity contribution in [1.82, 2.24) is 10.2 Å². The lowest BCUT2D eigenvalue weighted by Crippen LogP contribution is -2.30. The molecule has 0 aliphatic carbocycles. The van der Waals surface area contributed by atoms with Gasteiger partial charge in [-0.3, -0.25) is 19.3 Å². The fraction of sp³-hybridized carbons (Fsp3) is 0.190. The molecular weight excluding hydrogens is 701 g/mol. The van der Waals surface area contributed by atoms with Gasteiger partial charge in [0.05, 0.1) is 10.8 Å². The van der Waals surface area contributed by atoms with Crippen molar-refractivity contribution in [2.75, 3.05) is 36.2 Å². The van der Waals surface area contributed by atoms with Crippen molar-refractivity contribution < 1.29 is 14.4 Å². The third-order valence-corrected chi connectivity index (χ3v) is 11.0. The molecule has 3 N–H and O–H groups in total. The van der Waals surface area contributed by atoms with E-state index in [0.717, 1.165) is 52.6 Å². The molecule has 0 spiro atoms. The largest absolute Gasteiger partial charge is 0.378 e. The molecule has 1 unspecified atom stereocenters. The Labute approximate surface area is 318 Å². The molecule has 53 heavy (non-hydrogen) atoms. The molecule has 3 amide bonds. The summed E-state index contributed by atoms with van der Waals surface area (Å²) in [5.41, 5.74) is 5.59. The fourth-order valence-electron chi connectivity index (χ4n) is 5.93. The van der Waals surface area contributed by atoms with E-state index < -0.39 is 17.1 Å². The lowest BCUT2D eigenvalue weighted by Gasteiger charge is -2.26. The number of carbonyl (C=O) groups excluding carboxylic acids is 3. The van der Waals surface area contributed by atoms with E-state index in [2.05, 4.69) is 39.1 Å². The summed E-state index contributed by atoms with van der Waals surface area (Å²) in [6, 6.07) is 36.2. The highest BCUT2D eigenvalue weighted by Crippen LogP contribution is 2.38. The van der Waals surface area contributed by atoms with Crippen molar-refractivity contribution >= 4 is 63.3 Å². The summed E-state index contributed by atoms with van der Waals surface area (Å²) in [6.07, 6.45) is 2.40. The summed E-state index contributed by atoms with van der Waals surface area (Å²) >= 11 is 2.83. The Balaban J connectivity index is 1.12. The number of nitrogens with zero attached hydrogens (tertiary/aromatic N) is 3. The lowest BCUT2D eigenvalue weighted by molar-refractivity contribution is -0.115. The summed E-state index contributed by atoms with van der Waals surface area (Å²) in [5, 5.41) is 18.8. The topological polar surface area (TPSA) is 118 Å². The summed E-state index contributed by atoms with van der Waals surface area (Å²) in [5.74, 6) is -1.11. The van der Waals surface area contributed by atoms with Gasteiger partial charge in [0, 0.05) is 60.4 Å². The van der Waals surface area contributed by atoms with E-state index >= 15 is 0 Å². The second-order valence-electron chi connectivity index (χ2n) is 12.9. The lowest BCUT2D eigenvalue weighted by atomic mass is 10.0. The van der Waals surface area contributed by atoms with Gasteiger partial charge in [-0.1, -0.05) is 66.7 Å². The molecule has 0 bridgehead atoms. The Hall–Kier alpha value is -5.67. The molecule has 0 fully saturated rings. The molecule has 4 aromatic carbocycles. The maximum Gasteiger partial charge on any atom is 0.272 e. The first-order valence-corrected chi connectivity index (χ1v) is 18.9. The Bertz CT molecular complexity index is 2160. The number of anilines is 3. The van der Waals surface area contributed by atoms with Crippen LogP contribution in [0.25, 0.3) is 6.08 Å². The van der Waals surface area contributed by atoms with Gasteiger partial charge in [-0.05, 0) is 78.6 Å². The monoisotopic (exact) mass is 740 g/mol. The number of hydrogen-bond donors (Lipinski definition) is 3. The summed E-state index contributed by atoms with van der Waals surface area (Å²) in [7, 11) is 3.90. The minimum Gasteiger partial charge on any atom is -0.378 e. The third kappa shape index (κ3) is 9.61. The van der Waals surface area contributed by atoms with E-state index in [1.54, 1.807) is 48.5 Å².